The van der Waals surface area contributed by atoms with Gasteiger partial charge in [0.05, 0.1) is 0 Å². The molecule has 0 saturated heterocycles. The molecule has 1 atom stereocenters. The Morgan fingerprint density at radius 3 is 2.32 bits per heavy atom. The predicted octanol–water partition coefficient (Wildman–Crippen LogP) is 2.45. The van der Waals surface area contributed by atoms with Crippen LogP contribution in [0.5, 0.6) is 0 Å². The van der Waals surface area contributed by atoms with E-state index in [2.05, 4.69) is 36.4 Å². The fourth-order valence-electron chi connectivity index (χ4n) is 1.78. The van der Waals surface area contributed by atoms with Crippen LogP contribution in [0, 0.1) is 5.92 Å². The summed E-state index contributed by atoms with van der Waals surface area (Å²) in [6.07, 6.45) is -0.296. The van der Waals surface area contributed by atoms with E-state index in [0.717, 1.165) is 12.5 Å². The first-order chi connectivity index (χ1) is 10.0. The average molecular weight is 314 g/mol. The van der Waals surface area contributed by atoms with E-state index >= 15 is 0 Å². The van der Waals surface area contributed by atoms with E-state index < -0.39 is 5.60 Å². The molecule has 1 unspecified atom stereocenters. The first kappa shape index (κ1) is 20.5. The highest BCUT2D eigenvalue weighted by Crippen LogP contribution is 2.10. The van der Waals surface area contributed by atoms with Crippen molar-refractivity contribution in [2.45, 2.75) is 60.1 Å². The topological polar surface area (TPSA) is 66.0 Å². The monoisotopic (exact) mass is 314 g/mol. The number of guanidine groups is 1. The molecule has 0 aliphatic carbocycles. The third kappa shape index (κ3) is 10.3. The van der Waals surface area contributed by atoms with E-state index in [1.54, 1.807) is 11.9 Å². The Kier molecular flexibility index (Phi) is 8.90. The van der Waals surface area contributed by atoms with Crippen molar-refractivity contribution >= 4 is 12.1 Å². The molecule has 0 aromatic heterocycles. The minimum Gasteiger partial charge on any atom is -0.444 e. The van der Waals surface area contributed by atoms with Gasteiger partial charge in [-0.05, 0) is 47.5 Å². The summed E-state index contributed by atoms with van der Waals surface area (Å²) in [7, 11) is 1.76. The quantitative estimate of drug-likeness (QED) is 0.584. The predicted molar refractivity (Wildman–Crippen MR) is 92.3 cm³/mol. The van der Waals surface area contributed by atoms with Crippen LogP contribution >= 0.6 is 0 Å². The standard InChI is InChI=1S/C16H34N4O2/c1-9-17-14(19-12(2)3)18-10-13(4)11-20(8)15(21)22-16(5,6)7/h12-13H,9-11H2,1-8H3,(H2,17,18,19). The van der Waals surface area contributed by atoms with Crippen molar-refractivity contribution in [1.82, 2.24) is 15.5 Å². The number of aliphatic imine (C=N–C) groups is 1. The van der Waals surface area contributed by atoms with Crippen molar-refractivity contribution in [3.63, 3.8) is 0 Å². The molecule has 6 heteroatoms. The lowest BCUT2D eigenvalue weighted by Crippen LogP contribution is -2.41. The van der Waals surface area contributed by atoms with Crippen LogP contribution in [0.3, 0.4) is 0 Å². The fraction of sp³-hybridized carbons (Fsp3) is 0.875. The molecule has 2 N–H and O–H groups in total. The molecule has 6 nitrogen and oxygen atoms in total. The molecule has 0 radical (unpaired) electrons. The Morgan fingerprint density at radius 2 is 1.86 bits per heavy atom. The van der Waals surface area contributed by atoms with E-state index in [4.69, 9.17) is 4.74 Å². The first-order valence-corrected chi connectivity index (χ1v) is 8.04. The van der Waals surface area contributed by atoms with Gasteiger partial charge in [0.1, 0.15) is 5.60 Å². The molecule has 0 bridgehead atoms. The highest BCUT2D eigenvalue weighted by atomic mass is 16.6. The largest absolute Gasteiger partial charge is 0.444 e. The van der Waals surface area contributed by atoms with Crippen LogP contribution in [-0.2, 0) is 4.74 Å². The molecule has 1 amide bonds. The van der Waals surface area contributed by atoms with Gasteiger partial charge in [0.2, 0.25) is 0 Å². The molecule has 0 aromatic carbocycles. The normalized spacial score (nSPS) is 13.8. The lowest BCUT2D eigenvalue weighted by molar-refractivity contribution is 0.0279. The number of rotatable bonds is 6. The minimum atomic E-state index is -0.466. The molecule has 0 aliphatic heterocycles. The summed E-state index contributed by atoms with van der Waals surface area (Å²) < 4.78 is 5.34. The summed E-state index contributed by atoms with van der Waals surface area (Å²) in [5.74, 6) is 1.06. The Hall–Kier alpha value is -1.46. The molecule has 0 fully saturated rings. The first-order valence-electron chi connectivity index (χ1n) is 8.04. The summed E-state index contributed by atoms with van der Waals surface area (Å²) in [6, 6.07) is 0.331. The maximum atomic E-state index is 11.9. The van der Waals surface area contributed by atoms with E-state index in [0.29, 0.717) is 19.1 Å². The van der Waals surface area contributed by atoms with Gasteiger partial charge < -0.3 is 20.3 Å². The Bertz CT molecular complexity index is 362. The van der Waals surface area contributed by atoms with Crippen molar-refractivity contribution in [2.75, 3.05) is 26.7 Å². The second-order valence-corrected chi connectivity index (χ2v) is 6.98. The number of nitrogens with zero attached hydrogens (tertiary/aromatic N) is 2. The van der Waals surface area contributed by atoms with Crippen LogP contribution in [0.4, 0.5) is 4.79 Å². The number of hydrogen-bond donors (Lipinski definition) is 2. The molecule has 0 heterocycles. The molecule has 130 valence electrons. The van der Waals surface area contributed by atoms with Crippen molar-refractivity contribution in [2.24, 2.45) is 10.9 Å². The maximum absolute atomic E-state index is 11.9. The third-order valence-corrected chi connectivity index (χ3v) is 2.62. The molecule has 0 spiro atoms. The van der Waals surface area contributed by atoms with Crippen LogP contribution in [0.1, 0.15) is 48.5 Å². The molecular formula is C16H34N4O2. The third-order valence-electron chi connectivity index (χ3n) is 2.62. The minimum absolute atomic E-state index is 0.250. The maximum Gasteiger partial charge on any atom is 0.410 e. The van der Waals surface area contributed by atoms with Gasteiger partial charge in [-0.3, -0.25) is 4.99 Å². The van der Waals surface area contributed by atoms with Gasteiger partial charge in [-0.25, -0.2) is 4.79 Å². The van der Waals surface area contributed by atoms with Crippen molar-refractivity contribution in [1.29, 1.82) is 0 Å². The number of carbonyl (C=O) groups excluding carboxylic acids is 1. The molecule has 0 aromatic rings. The van der Waals surface area contributed by atoms with Crippen LogP contribution in [-0.4, -0.2) is 55.3 Å². The van der Waals surface area contributed by atoms with E-state index in [1.165, 1.54) is 0 Å². The smallest absolute Gasteiger partial charge is 0.410 e. The Balaban J connectivity index is 4.41. The van der Waals surface area contributed by atoms with Crippen LogP contribution in [0.2, 0.25) is 0 Å². The zero-order valence-corrected chi connectivity index (χ0v) is 15.5. The highest BCUT2D eigenvalue weighted by molar-refractivity contribution is 5.80. The van der Waals surface area contributed by atoms with Gasteiger partial charge >= 0.3 is 6.09 Å². The van der Waals surface area contributed by atoms with Gasteiger partial charge in [0.25, 0.3) is 0 Å². The van der Waals surface area contributed by atoms with E-state index in [9.17, 15) is 4.79 Å². The summed E-state index contributed by atoms with van der Waals surface area (Å²) >= 11 is 0. The van der Waals surface area contributed by atoms with E-state index in [1.807, 2.05) is 27.7 Å². The average Bonchev–Trinajstić information content (AvgIpc) is 2.33. The Morgan fingerprint density at radius 1 is 1.27 bits per heavy atom. The van der Waals surface area contributed by atoms with Crippen LogP contribution in [0.25, 0.3) is 0 Å². The van der Waals surface area contributed by atoms with Gasteiger partial charge in [-0.15, -0.1) is 0 Å². The van der Waals surface area contributed by atoms with Crippen molar-refractivity contribution in [3.05, 3.63) is 0 Å². The van der Waals surface area contributed by atoms with Gasteiger partial charge in [0.15, 0.2) is 5.96 Å². The Labute approximate surface area is 135 Å². The van der Waals surface area contributed by atoms with Crippen molar-refractivity contribution < 1.29 is 9.53 Å². The van der Waals surface area contributed by atoms with Crippen LogP contribution in [0.15, 0.2) is 4.99 Å². The van der Waals surface area contributed by atoms with Crippen LogP contribution < -0.4 is 10.6 Å². The fourth-order valence-corrected chi connectivity index (χ4v) is 1.78. The van der Waals surface area contributed by atoms with Crippen molar-refractivity contribution in [3.8, 4) is 0 Å². The number of carbonyl (C=O) groups is 1. The summed E-state index contributed by atoms with van der Waals surface area (Å²) in [6.45, 7) is 15.9. The molecule has 0 saturated carbocycles. The number of hydrogen-bond acceptors (Lipinski definition) is 3. The van der Waals surface area contributed by atoms with Gasteiger partial charge in [-0.1, -0.05) is 6.92 Å². The number of ether oxygens (including phenoxy) is 1. The van der Waals surface area contributed by atoms with Gasteiger partial charge in [0, 0.05) is 32.7 Å². The zero-order chi connectivity index (χ0) is 17.3. The number of nitrogens with one attached hydrogen (secondary N) is 2. The summed E-state index contributed by atoms with van der Waals surface area (Å²) in [5, 5.41) is 6.49. The summed E-state index contributed by atoms with van der Waals surface area (Å²) in [4.78, 5) is 18.1. The second kappa shape index (κ2) is 9.54. The van der Waals surface area contributed by atoms with E-state index in [-0.39, 0.29) is 12.0 Å². The second-order valence-electron chi connectivity index (χ2n) is 6.98. The number of amides is 1. The lowest BCUT2D eigenvalue weighted by Gasteiger charge is -2.26. The zero-order valence-electron chi connectivity index (χ0n) is 15.5. The molecule has 22 heavy (non-hydrogen) atoms. The summed E-state index contributed by atoms with van der Waals surface area (Å²) in [5.41, 5.74) is -0.466. The SMILES string of the molecule is CCNC(=NCC(C)CN(C)C(=O)OC(C)(C)C)NC(C)C. The molecular weight excluding hydrogens is 280 g/mol. The lowest BCUT2D eigenvalue weighted by atomic mass is 10.2. The highest BCUT2D eigenvalue weighted by Gasteiger charge is 2.20. The molecule has 0 rings (SSSR count). The molecule has 0 aliphatic rings. The van der Waals surface area contributed by atoms with Gasteiger partial charge in [-0.2, -0.15) is 0 Å².